The van der Waals surface area contributed by atoms with E-state index in [0.717, 1.165) is 18.2 Å². The predicted molar refractivity (Wildman–Crippen MR) is 74.5 cm³/mol. The Morgan fingerprint density at radius 3 is 2.50 bits per heavy atom. The monoisotopic (exact) mass is 385 g/mol. The molecule has 0 saturated heterocycles. The van der Waals surface area contributed by atoms with Crippen LogP contribution in [-0.2, 0) is 6.18 Å². The van der Waals surface area contributed by atoms with Crippen LogP contribution in [0.3, 0.4) is 0 Å². The molecule has 1 aromatic carbocycles. The number of rotatable bonds is 2. The first-order valence-corrected chi connectivity index (χ1v) is 6.63. The Labute approximate surface area is 130 Å². The van der Waals surface area contributed by atoms with E-state index in [1.54, 1.807) is 0 Å². The molecular weight excluding hydrogens is 382 g/mol. The van der Waals surface area contributed by atoms with Gasteiger partial charge in [0, 0.05) is 0 Å². The van der Waals surface area contributed by atoms with Gasteiger partial charge in [-0.15, -0.1) is 0 Å². The van der Waals surface area contributed by atoms with Crippen molar-refractivity contribution < 1.29 is 13.2 Å². The maximum atomic E-state index is 12.7. The lowest BCUT2D eigenvalue weighted by Gasteiger charge is -2.12. The predicted octanol–water partition coefficient (Wildman–Crippen LogP) is 5.31. The molecule has 0 saturated carbocycles. The number of aromatic nitrogens is 2. The molecular formula is C11H5BrCl2F3N3. The number of nitrogens with zero attached hydrogens (tertiary/aromatic N) is 2. The largest absolute Gasteiger partial charge is 0.416 e. The number of hydrogen-bond donors (Lipinski definition) is 1. The lowest BCUT2D eigenvalue weighted by Crippen LogP contribution is -2.06. The van der Waals surface area contributed by atoms with Crippen molar-refractivity contribution in [3.63, 3.8) is 0 Å². The highest BCUT2D eigenvalue weighted by Crippen LogP contribution is 2.36. The third-order valence-electron chi connectivity index (χ3n) is 2.29. The molecule has 0 amide bonds. The molecule has 0 fully saturated rings. The zero-order valence-electron chi connectivity index (χ0n) is 9.47. The van der Waals surface area contributed by atoms with Crippen molar-refractivity contribution in [2.75, 3.05) is 5.32 Å². The normalized spacial score (nSPS) is 11.5. The van der Waals surface area contributed by atoms with Crippen LogP contribution in [0.4, 0.5) is 24.7 Å². The summed E-state index contributed by atoms with van der Waals surface area (Å²) in [7, 11) is 0. The Hall–Kier alpha value is -1.05. The average molecular weight is 387 g/mol. The van der Waals surface area contributed by atoms with Crippen LogP contribution in [0, 0.1) is 0 Å². The SMILES string of the molecule is FC(F)(F)c1ccc(Cl)c(Nc2ncnc(Cl)c2Br)c1. The van der Waals surface area contributed by atoms with Crippen molar-refractivity contribution in [3.8, 4) is 0 Å². The summed E-state index contributed by atoms with van der Waals surface area (Å²) in [4.78, 5) is 7.59. The van der Waals surface area contributed by atoms with Crippen LogP contribution in [0.2, 0.25) is 10.2 Å². The average Bonchev–Trinajstić information content (AvgIpc) is 2.36. The van der Waals surface area contributed by atoms with Crippen molar-refractivity contribution in [3.05, 3.63) is 44.7 Å². The first-order valence-electron chi connectivity index (χ1n) is 5.09. The zero-order chi connectivity index (χ0) is 14.9. The smallest absolute Gasteiger partial charge is 0.338 e. The number of alkyl halides is 3. The summed E-state index contributed by atoms with van der Waals surface area (Å²) in [6, 6.07) is 2.95. The number of hydrogen-bond acceptors (Lipinski definition) is 3. The van der Waals surface area contributed by atoms with E-state index in [2.05, 4.69) is 31.2 Å². The van der Waals surface area contributed by atoms with E-state index in [0.29, 0.717) is 4.47 Å². The van der Waals surface area contributed by atoms with Crippen LogP contribution in [0.1, 0.15) is 5.56 Å². The van der Waals surface area contributed by atoms with E-state index >= 15 is 0 Å². The zero-order valence-corrected chi connectivity index (χ0v) is 12.6. The molecule has 1 heterocycles. The summed E-state index contributed by atoms with van der Waals surface area (Å²) in [6.07, 6.45) is -3.28. The van der Waals surface area contributed by atoms with Gasteiger partial charge in [0.2, 0.25) is 0 Å². The number of anilines is 2. The fourth-order valence-corrected chi connectivity index (χ4v) is 1.96. The van der Waals surface area contributed by atoms with Gasteiger partial charge in [-0.05, 0) is 34.1 Å². The topological polar surface area (TPSA) is 37.8 Å². The molecule has 2 rings (SSSR count). The summed E-state index contributed by atoms with van der Waals surface area (Å²) >= 11 is 14.8. The van der Waals surface area contributed by atoms with Crippen LogP contribution in [0.5, 0.6) is 0 Å². The standard InChI is InChI=1S/C11H5BrCl2F3N3/c12-8-9(14)18-4-19-10(8)20-7-3-5(11(15,16)17)1-2-6(7)13/h1-4H,(H,18,19,20). The van der Waals surface area contributed by atoms with Gasteiger partial charge in [-0.2, -0.15) is 13.2 Å². The van der Waals surface area contributed by atoms with Crippen LogP contribution < -0.4 is 5.32 Å². The van der Waals surface area contributed by atoms with Crippen LogP contribution in [-0.4, -0.2) is 9.97 Å². The molecule has 20 heavy (non-hydrogen) atoms. The molecule has 0 aliphatic heterocycles. The minimum Gasteiger partial charge on any atom is -0.338 e. The molecule has 106 valence electrons. The summed E-state index contributed by atoms with van der Waals surface area (Å²) in [6.45, 7) is 0. The molecule has 0 aliphatic carbocycles. The van der Waals surface area contributed by atoms with Gasteiger partial charge in [-0.25, -0.2) is 9.97 Å². The first-order chi connectivity index (χ1) is 9.29. The second-order valence-corrected chi connectivity index (χ2v) is 5.20. The van der Waals surface area contributed by atoms with Crippen molar-refractivity contribution in [2.45, 2.75) is 6.18 Å². The summed E-state index contributed by atoms with van der Waals surface area (Å²) in [5, 5.41) is 2.93. The fraction of sp³-hybridized carbons (Fsp3) is 0.0909. The lowest BCUT2D eigenvalue weighted by molar-refractivity contribution is -0.137. The number of halogens is 6. The van der Waals surface area contributed by atoms with E-state index in [1.165, 1.54) is 6.33 Å². The Kier molecular flexibility index (Phi) is 4.41. The Morgan fingerprint density at radius 1 is 1.15 bits per heavy atom. The van der Waals surface area contributed by atoms with E-state index < -0.39 is 11.7 Å². The second-order valence-electron chi connectivity index (χ2n) is 3.64. The minimum atomic E-state index is -4.46. The number of nitrogens with one attached hydrogen (secondary N) is 1. The molecule has 0 unspecified atom stereocenters. The van der Waals surface area contributed by atoms with E-state index in [-0.39, 0.29) is 21.7 Å². The summed E-state index contributed by atoms with van der Waals surface area (Å²) in [5.41, 5.74) is -0.752. The highest BCUT2D eigenvalue weighted by molar-refractivity contribution is 9.10. The highest BCUT2D eigenvalue weighted by atomic mass is 79.9. The maximum absolute atomic E-state index is 12.7. The highest BCUT2D eigenvalue weighted by Gasteiger charge is 2.31. The van der Waals surface area contributed by atoms with Crippen molar-refractivity contribution in [1.82, 2.24) is 9.97 Å². The van der Waals surface area contributed by atoms with Gasteiger partial charge in [0.05, 0.1) is 20.7 Å². The van der Waals surface area contributed by atoms with Crippen LogP contribution in [0.15, 0.2) is 29.0 Å². The Bertz CT molecular complexity index is 649. The van der Waals surface area contributed by atoms with E-state index in [1.807, 2.05) is 0 Å². The molecule has 0 bridgehead atoms. The quantitative estimate of drug-likeness (QED) is 0.711. The molecule has 0 spiro atoms. The van der Waals surface area contributed by atoms with Gasteiger partial charge in [0.15, 0.2) is 0 Å². The molecule has 0 radical (unpaired) electrons. The molecule has 1 aromatic heterocycles. The Balaban J connectivity index is 2.41. The molecule has 0 atom stereocenters. The minimum absolute atomic E-state index is 0.0666. The summed E-state index contributed by atoms with van der Waals surface area (Å²) in [5.74, 6) is 0.214. The van der Waals surface area contributed by atoms with Gasteiger partial charge in [-0.3, -0.25) is 0 Å². The van der Waals surface area contributed by atoms with Gasteiger partial charge < -0.3 is 5.32 Å². The maximum Gasteiger partial charge on any atom is 0.416 e. The molecule has 3 nitrogen and oxygen atoms in total. The summed E-state index contributed by atoms with van der Waals surface area (Å²) < 4.78 is 38.3. The third kappa shape index (κ3) is 3.34. The Morgan fingerprint density at radius 2 is 1.85 bits per heavy atom. The number of benzene rings is 1. The van der Waals surface area contributed by atoms with Gasteiger partial charge >= 0.3 is 6.18 Å². The fourth-order valence-electron chi connectivity index (χ4n) is 1.36. The molecule has 0 aliphatic rings. The van der Waals surface area contributed by atoms with Crippen molar-refractivity contribution in [1.29, 1.82) is 0 Å². The lowest BCUT2D eigenvalue weighted by atomic mass is 10.2. The van der Waals surface area contributed by atoms with Crippen LogP contribution >= 0.6 is 39.1 Å². The van der Waals surface area contributed by atoms with Gasteiger partial charge in [0.25, 0.3) is 0 Å². The van der Waals surface area contributed by atoms with Crippen molar-refractivity contribution >= 4 is 50.6 Å². The van der Waals surface area contributed by atoms with Gasteiger partial charge in [0.1, 0.15) is 17.3 Å². The first kappa shape index (κ1) is 15.3. The second kappa shape index (κ2) is 5.75. The van der Waals surface area contributed by atoms with Gasteiger partial charge in [-0.1, -0.05) is 23.2 Å². The van der Waals surface area contributed by atoms with Crippen LogP contribution in [0.25, 0.3) is 0 Å². The molecule has 9 heteroatoms. The van der Waals surface area contributed by atoms with Crippen molar-refractivity contribution in [2.24, 2.45) is 0 Å². The molecule has 2 aromatic rings. The third-order valence-corrected chi connectivity index (χ3v) is 3.89. The van der Waals surface area contributed by atoms with E-state index in [9.17, 15) is 13.2 Å². The molecule has 1 N–H and O–H groups in total. The van der Waals surface area contributed by atoms with E-state index in [4.69, 9.17) is 23.2 Å².